The standard InChI is InChI=1S/C7H5O.2C4H9.CN.Sn/c8-6-7-4-2-1-3-5-7;2*1-3-4-2;1-2;/h1-5H;2*1,3-4H2,2H3;;. The maximum absolute atomic E-state index is 12.8. The molecule has 1 aromatic rings. The molecule has 0 unspecified atom stereocenters. The number of hydrogen-bond acceptors (Lipinski definition) is 2. The van der Waals surface area contributed by atoms with E-state index in [9.17, 15) is 10.1 Å². The summed E-state index contributed by atoms with van der Waals surface area (Å²) in [5.74, 6) is 0. The zero-order chi connectivity index (χ0) is 14.1. The third-order valence-electron chi connectivity index (χ3n) is 3.60. The molecule has 0 aliphatic rings. The van der Waals surface area contributed by atoms with E-state index in [0.717, 1.165) is 40.1 Å². The van der Waals surface area contributed by atoms with Gasteiger partial charge in [0.2, 0.25) is 0 Å². The van der Waals surface area contributed by atoms with E-state index in [2.05, 4.69) is 17.9 Å². The number of hydrogen-bond donors (Lipinski definition) is 0. The molecule has 0 aliphatic heterocycles. The van der Waals surface area contributed by atoms with E-state index in [-0.39, 0.29) is 3.80 Å². The van der Waals surface area contributed by atoms with Crippen LogP contribution in [0.15, 0.2) is 30.3 Å². The first-order valence-electron chi connectivity index (χ1n) is 7.21. The van der Waals surface area contributed by atoms with Crippen LogP contribution in [0.3, 0.4) is 0 Å². The number of carbonyl (C=O) groups excluding carboxylic acids is 1. The van der Waals surface area contributed by atoms with Gasteiger partial charge in [0.15, 0.2) is 0 Å². The molecule has 0 N–H and O–H groups in total. The van der Waals surface area contributed by atoms with Gasteiger partial charge in [0.05, 0.1) is 0 Å². The average Bonchev–Trinajstić information content (AvgIpc) is 2.48. The Morgan fingerprint density at radius 1 is 1.11 bits per heavy atom. The summed E-state index contributed by atoms with van der Waals surface area (Å²) in [5.41, 5.74) is 0.757. The van der Waals surface area contributed by atoms with Crippen LogP contribution in [0.2, 0.25) is 8.87 Å². The molecule has 0 amide bonds. The molecule has 1 aromatic carbocycles. The molecule has 0 fully saturated rings. The van der Waals surface area contributed by atoms with Crippen molar-refractivity contribution in [2.45, 2.75) is 48.4 Å². The third-order valence-corrected chi connectivity index (χ3v) is 15.0. The van der Waals surface area contributed by atoms with Crippen molar-refractivity contribution in [2.24, 2.45) is 0 Å². The van der Waals surface area contributed by atoms with E-state index >= 15 is 0 Å². The summed E-state index contributed by atoms with van der Waals surface area (Å²) >= 11 is -3.34. The van der Waals surface area contributed by atoms with E-state index < -0.39 is 18.4 Å². The summed E-state index contributed by atoms with van der Waals surface area (Å²) in [6, 6.07) is 9.42. The summed E-state index contributed by atoms with van der Waals surface area (Å²) in [5, 5.41) is 9.68. The molecule has 0 aliphatic carbocycles. The molecule has 0 saturated carbocycles. The van der Waals surface area contributed by atoms with Gasteiger partial charge in [-0.3, -0.25) is 0 Å². The van der Waals surface area contributed by atoms with Crippen LogP contribution in [0, 0.1) is 9.35 Å². The first-order valence-corrected chi connectivity index (χ1v) is 14.1. The molecule has 0 heterocycles. The fraction of sp³-hybridized carbons (Fsp3) is 0.500. The van der Waals surface area contributed by atoms with Gasteiger partial charge in [0.25, 0.3) is 0 Å². The third kappa shape index (κ3) is 4.35. The Hall–Kier alpha value is -0.821. The molecular weight excluding hydrogens is 341 g/mol. The predicted octanol–water partition coefficient (Wildman–Crippen LogP) is 4.52. The van der Waals surface area contributed by atoms with Crippen LogP contribution in [0.4, 0.5) is 0 Å². The van der Waals surface area contributed by atoms with Gasteiger partial charge in [-0.2, -0.15) is 0 Å². The zero-order valence-electron chi connectivity index (χ0n) is 12.0. The summed E-state index contributed by atoms with van der Waals surface area (Å²) in [6.07, 6.45) is 4.17. The minimum absolute atomic E-state index is 0.208. The normalized spacial score (nSPS) is 11.0. The quantitative estimate of drug-likeness (QED) is 0.637. The Bertz CT molecular complexity index is 428. The first-order chi connectivity index (χ1) is 9.20. The van der Waals surface area contributed by atoms with Gasteiger partial charge in [0, 0.05) is 0 Å². The topological polar surface area (TPSA) is 40.9 Å². The number of nitriles is 1. The number of rotatable bonds is 8. The number of benzene rings is 1. The van der Waals surface area contributed by atoms with Gasteiger partial charge in [-0.05, 0) is 0 Å². The summed E-state index contributed by atoms with van der Waals surface area (Å²) in [4.78, 5) is 12.8. The van der Waals surface area contributed by atoms with Gasteiger partial charge in [-0.25, -0.2) is 0 Å². The Labute approximate surface area is 120 Å². The SMILES string of the molecule is CCC[CH2][Sn]([C]#N)([CH2]CCC)[C](=O)c1ccccc1. The van der Waals surface area contributed by atoms with Crippen molar-refractivity contribution in [2.75, 3.05) is 0 Å². The van der Waals surface area contributed by atoms with Crippen LogP contribution in [-0.4, -0.2) is 22.2 Å². The van der Waals surface area contributed by atoms with Crippen molar-refractivity contribution in [1.29, 1.82) is 5.26 Å². The van der Waals surface area contributed by atoms with Crippen molar-refractivity contribution in [3.05, 3.63) is 35.9 Å². The van der Waals surface area contributed by atoms with E-state index in [1.54, 1.807) is 0 Å². The molecule has 2 nitrogen and oxygen atoms in total. The van der Waals surface area contributed by atoms with Crippen LogP contribution >= 0.6 is 0 Å². The molecule has 0 saturated heterocycles. The van der Waals surface area contributed by atoms with Gasteiger partial charge in [0.1, 0.15) is 0 Å². The second-order valence-electron chi connectivity index (χ2n) is 5.10. The maximum atomic E-state index is 12.8. The van der Waals surface area contributed by atoms with E-state index in [4.69, 9.17) is 0 Å². The fourth-order valence-corrected chi connectivity index (χ4v) is 12.8. The minimum atomic E-state index is -3.34. The zero-order valence-corrected chi connectivity index (χ0v) is 14.8. The monoisotopic (exact) mass is 365 g/mol. The van der Waals surface area contributed by atoms with E-state index in [1.165, 1.54) is 0 Å². The average molecular weight is 364 g/mol. The molecule has 19 heavy (non-hydrogen) atoms. The fourth-order valence-electron chi connectivity index (χ4n) is 2.34. The van der Waals surface area contributed by atoms with Crippen LogP contribution in [-0.2, 0) is 0 Å². The van der Waals surface area contributed by atoms with Crippen molar-refractivity contribution < 1.29 is 4.79 Å². The van der Waals surface area contributed by atoms with Gasteiger partial charge in [-0.15, -0.1) is 0 Å². The molecule has 0 radical (unpaired) electrons. The molecule has 3 heteroatoms. The first kappa shape index (κ1) is 16.2. The van der Waals surface area contributed by atoms with E-state index in [1.807, 2.05) is 30.3 Å². The summed E-state index contributed by atoms with van der Waals surface area (Å²) in [6.45, 7) is 4.25. The van der Waals surface area contributed by atoms with Crippen molar-refractivity contribution >= 4 is 22.2 Å². The molecular formula is C16H23NOSn. The second kappa shape index (κ2) is 8.37. The van der Waals surface area contributed by atoms with Crippen LogP contribution < -0.4 is 0 Å². The Morgan fingerprint density at radius 2 is 1.63 bits per heavy atom. The number of nitrogens with zero attached hydrogens (tertiary/aromatic N) is 1. The number of carbonyl (C=O) groups is 1. The van der Waals surface area contributed by atoms with Gasteiger partial charge < -0.3 is 0 Å². The van der Waals surface area contributed by atoms with Crippen molar-refractivity contribution in [3.63, 3.8) is 0 Å². The van der Waals surface area contributed by atoms with Crippen molar-refractivity contribution in [3.8, 4) is 4.09 Å². The molecule has 1 rings (SSSR count). The summed E-state index contributed by atoms with van der Waals surface area (Å²) < 4.78 is 4.52. The number of unbranched alkanes of at least 4 members (excludes halogenated alkanes) is 2. The molecule has 102 valence electrons. The van der Waals surface area contributed by atoms with Crippen LogP contribution in [0.5, 0.6) is 0 Å². The predicted molar refractivity (Wildman–Crippen MR) is 81.6 cm³/mol. The molecule has 0 bridgehead atoms. The summed E-state index contributed by atoms with van der Waals surface area (Å²) in [7, 11) is 0. The van der Waals surface area contributed by atoms with Crippen molar-refractivity contribution in [1.82, 2.24) is 0 Å². The van der Waals surface area contributed by atoms with Crippen LogP contribution in [0.1, 0.15) is 49.9 Å². The molecule has 0 atom stereocenters. The van der Waals surface area contributed by atoms with E-state index in [0.29, 0.717) is 0 Å². The van der Waals surface area contributed by atoms with Gasteiger partial charge in [-0.1, -0.05) is 0 Å². The Morgan fingerprint density at radius 3 is 2.05 bits per heavy atom. The molecule has 0 aromatic heterocycles. The second-order valence-corrected chi connectivity index (χ2v) is 16.1. The van der Waals surface area contributed by atoms with Crippen LogP contribution in [0.25, 0.3) is 0 Å². The molecule has 0 spiro atoms. The van der Waals surface area contributed by atoms with Gasteiger partial charge >= 0.3 is 121 Å². The Balaban J connectivity index is 3.00. The Kier molecular flexibility index (Phi) is 7.15.